The largest absolute Gasteiger partial charge is 0.307 e. The lowest BCUT2D eigenvalue weighted by Crippen LogP contribution is -2.18. The molecule has 0 spiro atoms. The van der Waals surface area contributed by atoms with Crippen LogP contribution >= 0.6 is 0 Å². The Bertz CT molecular complexity index is 281. The van der Waals surface area contributed by atoms with E-state index in [4.69, 9.17) is 0 Å². The standard InChI is InChI=1S/C17H29N/c1-3-18(2)16-12-7-5-4-6-9-13-17-14-10-8-11-15-17/h8,10-11,14-15H,3-7,9,12-13,16H2,1-2H3. The first-order valence-electron chi connectivity index (χ1n) is 7.55. The Balaban J connectivity index is 1.87. The highest BCUT2D eigenvalue weighted by molar-refractivity contribution is 5.14. The van der Waals surface area contributed by atoms with Crippen LogP contribution in [0.5, 0.6) is 0 Å². The molecule has 0 aliphatic heterocycles. The van der Waals surface area contributed by atoms with Gasteiger partial charge in [-0.1, -0.05) is 62.9 Å². The molecule has 1 nitrogen and oxygen atoms in total. The molecule has 0 heterocycles. The third-order valence-electron chi connectivity index (χ3n) is 3.64. The fourth-order valence-corrected chi connectivity index (χ4v) is 2.22. The second-order valence-corrected chi connectivity index (χ2v) is 5.25. The molecule has 1 aromatic carbocycles. The van der Waals surface area contributed by atoms with Gasteiger partial charge in [-0.3, -0.25) is 0 Å². The van der Waals surface area contributed by atoms with Crippen molar-refractivity contribution in [3.63, 3.8) is 0 Å². The van der Waals surface area contributed by atoms with Gasteiger partial charge >= 0.3 is 0 Å². The molecular weight excluding hydrogens is 218 g/mol. The molecule has 0 amide bonds. The Kier molecular flexibility index (Phi) is 8.58. The number of hydrogen-bond donors (Lipinski definition) is 0. The highest BCUT2D eigenvalue weighted by Crippen LogP contribution is 2.09. The zero-order valence-corrected chi connectivity index (χ0v) is 12.2. The highest BCUT2D eigenvalue weighted by Gasteiger charge is 1.95. The van der Waals surface area contributed by atoms with E-state index in [1.807, 2.05) is 0 Å². The van der Waals surface area contributed by atoms with Gasteiger partial charge in [-0.25, -0.2) is 0 Å². The van der Waals surface area contributed by atoms with Crippen LogP contribution in [-0.4, -0.2) is 25.0 Å². The summed E-state index contributed by atoms with van der Waals surface area (Å²) in [5, 5.41) is 0. The summed E-state index contributed by atoms with van der Waals surface area (Å²) in [5.74, 6) is 0. The molecule has 0 aromatic heterocycles. The van der Waals surface area contributed by atoms with Crippen molar-refractivity contribution >= 4 is 0 Å². The topological polar surface area (TPSA) is 3.24 Å². The predicted molar refractivity (Wildman–Crippen MR) is 81.0 cm³/mol. The molecule has 1 aromatic rings. The first kappa shape index (κ1) is 15.2. The number of aryl methyl sites for hydroxylation is 1. The van der Waals surface area contributed by atoms with Gasteiger partial charge in [0.15, 0.2) is 0 Å². The molecule has 0 saturated carbocycles. The summed E-state index contributed by atoms with van der Waals surface area (Å²) < 4.78 is 0. The molecule has 0 aliphatic rings. The number of nitrogens with zero attached hydrogens (tertiary/aromatic N) is 1. The van der Waals surface area contributed by atoms with Crippen LogP contribution in [0.15, 0.2) is 30.3 Å². The summed E-state index contributed by atoms with van der Waals surface area (Å²) in [6.07, 6.45) is 9.56. The molecule has 0 radical (unpaired) electrons. The smallest absolute Gasteiger partial charge is 0.00219 e. The van der Waals surface area contributed by atoms with Gasteiger partial charge in [-0.2, -0.15) is 0 Å². The van der Waals surface area contributed by atoms with E-state index in [9.17, 15) is 0 Å². The van der Waals surface area contributed by atoms with E-state index in [2.05, 4.69) is 49.2 Å². The maximum atomic E-state index is 2.40. The first-order valence-corrected chi connectivity index (χ1v) is 7.55. The van der Waals surface area contributed by atoms with E-state index >= 15 is 0 Å². The van der Waals surface area contributed by atoms with Gasteiger partial charge in [0.1, 0.15) is 0 Å². The monoisotopic (exact) mass is 247 g/mol. The number of benzene rings is 1. The molecule has 102 valence electrons. The third-order valence-corrected chi connectivity index (χ3v) is 3.64. The van der Waals surface area contributed by atoms with E-state index in [0.29, 0.717) is 0 Å². The molecule has 0 atom stereocenters. The molecule has 1 heteroatoms. The van der Waals surface area contributed by atoms with Crippen LogP contribution in [0.25, 0.3) is 0 Å². The number of rotatable bonds is 10. The number of unbranched alkanes of at least 4 members (excludes halogenated alkanes) is 5. The van der Waals surface area contributed by atoms with E-state index < -0.39 is 0 Å². The zero-order valence-electron chi connectivity index (χ0n) is 12.2. The summed E-state index contributed by atoms with van der Waals surface area (Å²) in [6.45, 7) is 4.67. The third kappa shape index (κ3) is 7.50. The van der Waals surface area contributed by atoms with Crippen LogP contribution in [0.2, 0.25) is 0 Å². The van der Waals surface area contributed by atoms with E-state index in [1.54, 1.807) is 0 Å². The van der Waals surface area contributed by atoms with Gasteiger partial charge in [0.25, 0.3) is 0 Å². The maximum Gasteiger partial charge on any atom is -0.00219 e. The van der Waals surface area contributed by atoms with Crippen molar-refractivity contribution in [3.8, 4) is 0 Å². The summed E-state index contributed by atoms with van der Waals surface area (Å²) >= 11 is 0. The second-order valence-electron chi connectivity index (χ2n) is 5.25. The van der Waals surface area contributed by atoms with E-state index in [-0.39, 0.29) is 0 Å². The zero-order chi connectivity index (χ0) is 13.1. The Labute approximate surface area is 113 Å². The van der Waals surface area contributed by atoms with Gasteiger partial charge in [-0.05, 0) is 45.0 Å². The minimum Gasteiger partial charge on any atom is -0.307 e. The van der Waals surface area contributed by atoms with Gasteiger partial charge in [0, 0.05) is 0 Å². The molecule has 0 unspecified atom stereocenters. The Morgan fingerprint density at radius 3 is 2.11 bits per heavy atom. The predicted octanol–water partition coefficient (Wildman–Crippen LogP) is 4.52. The van der Waals surface area contributed by atoms with Crippen molar-refractivity contribution in [1.29, 1.82) is 0 Å². The Morgan fingerprint density at radius 1 is 0.833 bits per heavy atom. The van der Waals surface area contributed by atoms with Gasteiger partial charge in [0.05, 0.1) is 0 Å². The lowest BCUT2D eigenvalue weighted by molar-refractivity contribution is 0.340. The van der Waals surface area contributed by atoms with Crippen LogP contribution in [-0.2, 0) is 6.42 Å². The lowest BCUT2D eigenvalue weighted by Gasteiger charge is -2.12. The SMILES string of the molecule is CCN(C)CCCCCCCCc1ccccc1. The molecule has 0 N–H and O–H groups in total. The fourth-order valence-electron chi connectivity index (χ4n) is 2.22. The van der Waals surface area contributed by atoms with Crippen LogP contribution < -0.4 is 0 Å². The lowest BCUT2D eigenvalue weighted by atomic mass is 10.0. The molecule has 0 saturated heterocycles. The molecule has 0 fully saturated rings. The van der Waals surface area contributed by atoms with Crippen molar-refractivity contribution < 1.29 is 0 Å². The minimum atomic E-state index is 1.18. The minimum absolute atomic E-state index is 1.18. The van der Waals surface area contributed by atoms with E-state index in [1.165, 1.54) is 63.6 Å². The summed E-state index contributed by atoms with van der Waals surface area (Å²) in [6, 6.07) is 10.8. The molecule has 0 aliphatic carbocycles. The summed E-state index contributed by atoms with van der Waals surface area (Å²) in [7, 11) is 2.21. The quantitative estimate of drug-likeness (QED) is 0.549. The van der Waals surface area contributed by atoms with Crippen LogP contribution in [0.3, 0.4) is 0 Å². The number of hydrogen-bond acceptors (Lipinski definition) is 1. The Hall–Kier alpha value is -0.820. The fraction of sp³-hybridized carbons (Fsp3) is 0.647. The van der Waals surface area contributed by atoms with Crippen LogP contribution in [0.4, 0.5) is 0 Å². The van der Waals surface area contributed by atoms with Crippen molar-refractivity contribution in [1.82, 2.24) is 4.90 Å². The van der Waals surface area contributed by atoms with Crippen molar-refractivity contribution in [2.75, 3.05) is 20.1 Å². The van der Waals surface area contributed by atoms with Crippen LogP contribution in [0.1, 0.15) is 51.0 Å². The Morgan fingerprint density at radius 2 is 1.44 bits per heavy atom. The van der Waals surface area contributed by atoms with Gasteiger partial charge < -0.3 is 4.90 Å². The van der Waals surface area contributed by atoms with Crippen molar-refractivity contribution in [2.24, 2.45) is 0 Å². The molecular formula is C17H29N. The van der Waals surface area contributed by atoms with Gasteiger partial charge in [0.2, 0.25) is 0 Å². The summed E-state index contributed by atoms with van der Waals surface area (Å²) in [4.78, 5) is 2.40. The van der Waals surface area contributed by atoms with Crippen molar-refractivity contribution in [3.05, 3.63) is 35.9 Å². The van der Waals surface area contributed by atoms with Crippen molar-refractivity contribution in [2.45, 2.75) is 51.9 Å². The molecule has 18 heavy (non-hydrogen) atoms. The maximum absolute atomic E-state index is 2.40. The molecule has 0 bridgehead atoms. The normalized spacial score (nSPS) is 11.1. The summed E-state index contributed by atoms with van der Waals surface area (Å²) in [5.41, 5.74) is 1.49. The second kappa shape index (κ2) is 10.1. The molecule has 1 rings (SSSR count). The average molecular weight is 247 g/mol. The van der Waals surface area contributed by atoms with Gasteiger partial charge in [-0.15, -0.1) is 0 Å². The highest BCUT2D eigenvalue weighted by atomic mass is 15.1. The van der Waals surface area contributed by atoms with Crippen LogP contribution in [0, 0.1) is 0 Å². The first-order chi connectivity index (χ1) is 8.83. The average Bonchev–Trinajstić information content (AvgIpc) is 2.42. The van der Waals surface area contributed by atoms with E-state index in [0.717, 1.165) is 0 Å².